The fraction of sp³-hybridized carbons (Fsp3) is 0. The molecular formula is C133H83N7O2. The van der Waals surface area contributed by atoms with Crippen molar-refractivity contribution >= 4 is 175 Å². The maximum absolute atomic E-state index is 9.25. The first-order chi connectivity index (χ1) is 70.4. The van der Waals surface area contributed by atoms with E-state index in [1.54, 1.807) is 0 Å². The van der Waals surface area contributed by atoms with Crippen LogP contribution in [-0.4, -0.2) is 27.4 Å². The largest absolute Gasteiger partial charge is 0.455 e. The highest BCUT2D eigenvalue weighted by molar-refractivity contribution is 6.19. The Kier molecular flexibility index (Phi) is 18.9. The number of fused-ring (bicyclic) bond motifs is 24. The number of para-hydroxylation sites is 13. The molecule has 0 aliphatic heterocycles. The Hall–Kier alpha value is -19.3. The average Bonchev–Trinajstić information content (AvgIpc) is 1.58. The average molecular weight is 1810 g/mol. The predicted molar refractivity (Wildman–Crippen MR) is 592 cm³/mol. The van der Waals surface area contributed by atoms with Crippen molar-refractivity contribution in [2.45, 2.75) is 0 Å². The van der Waals surface area contributed by atoms with Crippen LogP contribution in [0.15, 0.2) is 512 Å². The van der Waals surface area contributed by atoms with Gasteiger partial charge in [0.2, 0.25) is 0 Å². The van der Waals surface area contributed by atoms with Crippen LogP contribution in [-0.2, 0) is 0 Å². The van der Waals surface area contributed by atoms with E-state index in [0.29, 0.717) is 5.56 Å². The van der Waals surface area contributed by atoms with Crippen LogP contribution in [0.2, 0.25) is 0 Å². The molecule has 0 aliphatic carbocycles. The van der Waals surface area contributed by atoms with Gasteiger partial charge in [-0.2, -0.15) is 5.26 Å². The Bertz CT molecular complexity index is 10200. The van der Waals surface area contributed by atoms with Crippen molar-refractivity contribution in [2.24, 2.45) is 0 Å². The van der Waals surface area contributed by atoms with Crippen molar-refractivity contribution in [1.82, 2.24) is 27.4 Å². The first kappa shape index (κ1) is 81.1. The number of rotatable bonds is 11. The van der Waals surface area contributed by atoms with Gasteiger partial charge in [-0.25, -0.2) is 0 Å². The normalized spacial score (nSPS) is 11.8. The van der Waals surface area contributed by atoms with Crippen molar-refractivity contribution in [1.29, 1.82) is 5.26 Å². The third-order valence-electron chi connectivity index (χ3n) is 29.0. The minimum absolute atomic E-state index is 0.663. The molecule has 0 saturated heterocycles. The number of furan rings is 2. The lowest BCUT2D eigenvalue weighted by molar-refractivity contribution is 0.669. The van der Waals surface area contributed by atoms with E-state index in [1.165, 1.54) is 153 Å². The van der Waals surface area contributed by atoms with E-state index in [1.807, 2.05) is 48.5 Å². The van der Waals surface area contributed by atoms with Gasteiger partial charge in [0.25, 0.3) is 0 Å². The highest BCUT2D eigenvalue weighted by Crippen LogP contribution is 2.47. The standard InChI is InChI=1S/2C48H30N2O.C37H23N3/c1-2-11-34(12-3-1)50-45-28-24-32(31-21-25-35(26-22-31)49-43-18-7-4-13-37(43)38-14-5-8-19-44(38)49)29-42(45)39-27-23-33(30-46(39)50)36-16-10-17-41-40-15-6-9-20-47(40)51-48(36)41;1-2-11-34(12-3-1)49-45-27-23-32(31-21-25-35(26-22-31)50-43-18-7-4-13-37(43)38-14-5-8-19-44(38)50)29-41(45)42-30-33(24-28-46(42)49)36-16-10-17-40-39-15-6-9-20-47(39)51-48(36)40;38-24-25-13-18-28(19-14-25)40-36-12-6-3-9-32(36)33-23-27(17-22-37(33)40)26-15-20-29(21-16-26)39-34-10-4-1-7-30(34)31-8-2-5-11-35(31)39/h2*1-30H;1-23H. The summed E-state index contributed by atoms with van der Waals surface area (Å²) in [6.07, 6.45) is 0. The first-order valence-corrected chi connectivity index (χ1v) is 48.3. The Morgan fingerprint density at radius 1 is 0.148 bits per heavy atom. The number of hydrogen-bond donors (Lipinski definition) is 0. The maximum atomic E-state index is 9.25. The minimum atomic E-state index is 0.663. The van der Waals surface area contributed by atoms with Crippen LogP contribution in [0.25, 0.3) is 264 Å². The van der Waals surface area contributed by atoms with Crippen LogP contribution in [0.1, 0.15) is 5.56 Å². The summed E-state index contributed by atoms with van der Waals surface area (Å²) in [5.74, 6) is 0. The van der Waals surface area contributed by atoms with Gasteiger partial charge in [0.15, 0.2) is 0 Å². The molecule has 30 aromatic rings. The molecule has 30 rings (SSSR count). The third kappa shape index (κ3) is 13.2. The highest BCUT2D eigenvalue weighted by Gasteiger charge is 2.24. The molecule has 662 valence electrons. The minimum Gasteiger partial charge on any atom is -0.455 e. The molecule has 142 heavy (non-hydrogen) atoms. The number of aromatic nitrogens is 6. The second-order valence-corrected chi connectivity index (χ2v) is 36.8. The first-order valence-electron chi connectivity index (χ1n) is 48.3. The number of benzene rings is 22. The zero-order chi connectivity index (χ0) is 93.6. The van der Waals surface area contributed by atoms with E-state index in [9.17, 15) is 5.26 Å². The molecule has 0 spiro atoms. The summed E-state index contributed by atoms with van der Waals surface area (Å²) in [4.78, 5) is 0. The van der Waals surface area contributed by atoms with Gasteiger partial charge in [-0.1, -0.05) is 309 Å². The maximum Gasteiger partial charge on any atom is 0.143 e. The number of nitrogens with zero attached hydrogens (tertiary/aromatic N) is 7. The van der Waals surface area contributed by atoms with Crippen LogP contribution in [0.5, 0.6) is 0 Å². The van der Waals surface area contributed by atoms with E-state index in [2.05, 4.69) is 488 Å². The lowest BCUT2D eigenvalue weighted by Gasteiger charge is -2.10. The Morgan fingerprint density at radius 3 is 0.711 bits per heavy atom. The summed E-state index contributed by atoms with van der Waals surface area (Å²) in [5, 5.41) is 28.7. The lowest BCUT2D eigenvalue weighted by Crippen LogP contribution is -1.94. The monoisotopic (exact) mass is 1810 g/mol. The fourth-order valence-corrected chi connectivity index (χ4v) is 22.5. The Morgan fingerprint density at radius 2 is 0.373 bits per heavy atom. The molecule has 0 N–H and O–H groups in total. The predicted octanol–water partition coefficient (Wildman–Crippen LogP) is 35.6. The quantitative estimate of drug-likeness (QED) is 0.129. The summed E-state index contributed by atoms with van der Waals surface area (Å²) in [6, 6.07) is 182. The summed E-state index contributed by atoms with van der Waals surface area (Å²) < 4.78 is 27.1. The Labute approximate surface area is 815 Å². The van der Waals surface area contributed by atoms with E-state index in [-0.39, 0.29) is 0 Å². The topological polar surface area (TPSA) is 79.6 Å². The second-order valence-electron chi connectivity index (χ2n) is 36.8. The SMILES string of the molecule is N#Cc1ccc(-n2c3ccccc3c3cc(-c4ccc(-n5c6ccccc6c6ccccc65)cc4)ccc32)cc1.c1ccc(-n2c3ccc(-c4ccc(-n5c6ccccc6c6ccccc65)cc4)cc3c3cc(-c4cccc5c4oc4ccccc45)ccc32)cc1.c1ccc(-n2c3ccc(-c4ccc(-n5c6ccccc6c6ccccc65)cc4)cc3c3ccc(-c4cccc5c4oc4ccccc45)cc32)cc1. The smallest absolute Gasteiger partial charge is 0.143 e. The van der Waals surface area contributed by atoms with Gasteiger partial charge < -0.3 is 36.2 Å². The van der Waals surface area contributed by atoms with Crippen LogP contribution in [0.4, 0.5) is 0 Å². The Balaban J connectivity index is 0.000000105. The molecule has 8 aromatic heterocycles. The molecule has 0 fully saturated rings. The van der Waals surface area contributed by atoms with Gasteiger partial charge in [-0.15, -0.1) is 0 Å². The van der Waals surface area contributed by atoms with Gasteiger partial charge in [-0.05, 0) is 239 Å². The molecule has 0 bridgehead atoms. The summed E-state index contributed by atoms with van der Waals surface area (Å²) in [7, 11) is 0. The van der Waals surface area contributed by atoms with Crippen molar-refractivity contribution in [2.75, 3.05) is 0 Å². The number of hydrogen-bond acceptors (Lipinski definition) is 3. The van der Waals surface area contributed by atoms with Gasteiger partial charge in [-0.3, -0.25) is 0 Å². The van der Waals surface area contributed by atoms with E-state index in [0.717, 1.165) is 111 Å². The van der Waals surface area contributed by atoms with E-state index in [4.69, 9.17) is 8.83 Å². The van der Waals surface area contributed by atoms with Crippen molar-refractivity contribution in [3.63, 3.8) is 0 Å². The molecule has 8 heterocycles. The fourth-order valence-electron chi connectivity index (χ4n) is 22.5. The lowest BCUT2D eigenvalue weighted by atomic mass is 9.99. The molecule has 9 nitrogen and oxygen atoms in total. The van der Waals surface area contributed by atoms with E-state index >= 15 is 0 Å². The summed E-state index contributed by atoms with van der Waals surface area (Å²) in [6.45, 7) is 0. The molecule has 0 unspecified atom stereocenters. The molecule has 9 heteroatoms. The van der Waals surface area contributed by atoms with Gasteiger partial charge in [0, 0.05) is 131 Å². The van der Waals surface area contributed by atoms with Crippen LogP contribution >= 0.6 is 0 Å². The molecule has 0 aliphatic rings. The molecule has 0 amide bonds. The second kappa shape index (κ2) is 33.0. The van der Waals surface area contributed by atoms with Gasteiger partial charge >= 0.3 is 0 Å². The molecule has 22 aromatic carbocycles. The van der Waals surface area contributed by atoms with Crippen molar-refractivity contribution in [3.05, 3.63) is 509 Å². The van der Waals surface area contributed by atoms with Crippen LogP contribution < -0.4 is 0 Å². The molecule has 0 saturated carbocycles. The molecular weight excluding hydrogens is 1730 g/mol. The zero-order valence-electron chi connectivity index (χ0n) is 76.9. The van der Waals surface area contributed by atoms with Crippen molar-refractivity contribution in [3.8, 4) is 95.8 Å². The molecule has 0 atom stereocenters. The van der Waals surface area contributed by atoms with Crippen molar-refractivity contribution < 1.29 is 8.83 Å². The van der Waals surface area contributed by atoms with Crippen LogP contribution in [0.3, 0.4) is 0 Å². The zero-order valence-corrected chi connectivity index (χ0v) is 76.9. The highest BCUT2D eigenvalue weighted by atomic mass is 16.3. The third-order valence-corrected chi connectivity index (χ3v) is 29.0. The van der Waals surface area contributed by atoms with Crippen LogP contribution in [0, 0.1) is 11.3 Å². The summed E-state index contributed by atoms with van der Waals surface area (Å²) >= 11 is 0. The molecule has 0 radical (unpaired) electrons. The summed E-state index contributed by atoms with van der Waals surface area (Å²) in [5.41, 5.74) is 37.0. The van der Waals surface area contributed by atoms with Gasteiger partial charge in [0.1, 0.15) is 22.3 Å². The van der Waals surface area contributed by atoms with E-state index < -0.39 is 0 Å². The van der Waals surface area contributed by atoms with Gasteiger partial charge in [0.05, 0.1) is 77.8 Å². The number of nitriles is 1.